The SMILES string of the molecule is CNCc1ccc(CS(=O)(=O)NCCC(F)(F)F)cc1. The molecule has 0 aromatic heterocycles. The Hall–Kier alpha value is -1.12. The molecule has 114 valence electrons. The number of rotatable bonds is 7. The van der Waals surface area contributed by atoms with E-state index in [0.717, 1.165) is 5.56 Å². The minimum absolute atomic E-state index is 0.329. The van der Waals surface area contributed by atoms with E-state index in [-0.39, 0.29) is 5.75 Å². The van der Waals surface area contributed by atoms with Crippen molar-refractivity contribution in [1.29, 1.82) is 0 Å². The van der Waals surface area contributed by atoms with Crippen molar-refractivity contribution in [2.45, 2.75) is 24.9 Å². The van der Waals surface area contributed by atoms with Crippen LogP contribution in [-0.4, -0.2) is 28.2 Å². The van der Waals surface area contributed by atoms with Crippen LogP contribution in [0.3, 0.4) is 0 Å². The van der Waals surface area contributed by atoms with Crippen LogP contribution in [0.25, 0.3) is 0 Å². The third-order valence-corrected chi connectivity index (χ3v) is 3.85. The summed E-state index contributed by atoms with van der Waals surface area (Å²) >= 11 is 0. The van der Waals surface area contributed by atoms with Gasteiger partial charge in [-0.15, -0.1) is 0 Å². The molecule has 20 heavy (non-hydrogen) atoms. The Labute approximate surface area is 116 Å². The summed E-state index contributed by atoms with van der Waals surface area (Å²) in [6, 6.07) is 6.85. The molecular weight excluding hydrogens is 293 g/mol. The number of benzene rings is 1. The molecule has 0 amide bonds. The van der Waals surface area contributed by atoms with Gasteiger partial charge in [-0.05, 0) is 18.2 Å². The summed E-state index contributed by atoms with van der Waals surface area (Å²) in [6.07, 6.45) is -5.54. The smallest absolute Gasteiger partial charge is 0.316 e. The molecule has 0 bridgehead atoms. The molecule has 0 aliphatic carbocycles. The second kappa shape index (κ2) is 7.05. The third-order valence-electron chi connectivity index (χ3n) is 2.49. The predicted molar refractivity (Wildman–Crippen MR) is 70.5 cm³/mol. The van der Waals surface area contributed by atoms with Crippen molar-refractivity contribution >= 4 is 10.0 Å². The molecule has 2 N–H and O–H groups in total. The lowest BCUT2D eigenvalue weighted by Crippen LogP contribution is -2.29. The number of hydrogen-bond acceptors (Lipinski definition) is 3. The van der Waals surface area contributed by atoms with E-state index in [9.17, 15) is 21.6 Å². The van der Waals surface area contributed by atoms with E-state index in [4.69, 9.17) is 0 Å². The summed E-state index contributed by atoms with van der Waals surface area (Å²) < 4.78 is 61.0. The molecule has 1 aromatic rings. The van der Waals surface area contributed by atoms with Gasteiger partial charge in [0.15, 0.2) is 0 Å². The van der Waals surface area contributed by atoms with E-state index in [1.165, 1.54) is 0 Å². The van der Waals surface area contributed by atoms with Gasteiger partial charge < -0.3 is 5.32 Å². The highest BCUT2D eigenvalue weighted by molar-refractivity contribution is 7.88. The van der Waals surface area contributed by atoms with E-state index in [2.05, 4.69) is 5.32 Å². The normalized spacial score (nSPS) is 12.6. The molecule has 0 atom stereocenters. The summed E-state index contributed by atoms with van der Waals surface area (Å²) in [6.45, 7) is 0.0283. The first-order valence-corrected chi connectivity index (χ1v) is 7.63. The van der Waals surface area contributed by atoms with Crippen LogP contribution in [0.2, 0.25) is 0 Å². The number of sulfonamides is 1. The Morgan fingerprint density at radius 2 is 1.65 bits per heavy atom. The molecule has 0 aliphatic heterocycles. The Kier molecular flexibility index (Phi) is 5.97. The first-order chi connectivity index (χ1) is 9.22. The van der Waals surface area contributed by atoms with Gasteiger partial charge in [0.25, 0.3) is 0 Å². The van der Waals surface area contributed by atoms with Crippen LogP contribution in [0.4, 0.5) is 13.2 Å². The minimum Gasteiger partial charge on any atom is -0.316 e. The molecule has 0 heterocycles. The van der Waals surface area contributed by atoms with Crippen molar-refractivity contribution in [3.8, 4) is 0 Å². The van der Waals surface area contributed by atoms with Crippen LogP contribution < -0.4 is 10.0 Å². The highest BCUT2D eigenvalue weighted by Crippen LogP contribution is 2.18. The van der Waals surface area contributed by atoms with Crippen LogP contribution >= 0.6 is 0 Å². The summed E-state index contributed by atoms with van der Waals surface area (Å²) in [5, 5.41) is 2.96. The Morgan fingerprint density at radius 3 is 2.15 bits per heavy atom. The molecule has 0 radical (unpaired) electrons. The van der Waals surface area contributed by atoms with Gasteiger partial charge in [0, 0.05) is 13.1 Å². The molecule has 0 saturated carbocycles. The van der Waals surface area contributed by atoms with E-state index in [1.807, 2.05) is 4.72 Å². The largest absolute Gasteiger partial charge is 0.390 e. The Balaban J connectivity index is 2.53. The van der Waals surface area contributed by atoms with Gasteiger partial charge in [-0.2, -0.15) is 13.2 Å². The summed E-state index contributed by atoms with van der Waals surface area (Å²) in [4.78, 5) is 0. The Morgan fingerprint density at radius 1 is 1.10 bits per heavy atom. The third kappa shape index (κ3) is 6.88. The van der Waals surface area contributed by atoms with E-state index in [0.29, 0.717) is 12.1 Å². The summed E-state index contributed by atoms with van der Waals surface area (Å²) in [7, 11) is -1.95. The second-order valence-corrected chi connectivity index (χ2v) is 6.17. The van der Waals surface area contributed by atoms with Gasteiger partial charge in [-0.25, -0.2) is 13.1 Å². The van der Waals surface area contributed by atoms with Gasteiger partial charge >= 0.3 is 6.18 Å². The van der Waals surface area contributed by atoms with Crippen molar-refractivity contribution in [3.05, 3.63) is 35.4 Å². The average molecular weight is 310 g/mol. The summed E-state index contributed by atoms with van der Waals surface area (Å²) in [5.41, 5.74) is 1.53. The number of halogens is 3. The van der Waals surface area contributed by atoms with E-state index in [1.54, 1.807) is 31.3 Å². The maximum atomic E-state index is 11.9. The van der Waals surface area contributed by atoms with Gasteiger partial charge in [0.05, 0.1) is 12.2 Å². The molecule has 1 aromatic carbocycles. The Bertz CT molecular complexity index is 512. The van der Waals surface area contributed by atoms with Gasteiger partial charge in [-0.3, -0.25) is 0 Å². The average Bonchev–Trinajstić information content (AvgIpc) is 2.29. The molecule has 0 spiro atoms. The van der Waals surface area contributed by atoms with Crippen LogP contribution in [0.5, 0.6) is 0 Å². The van der Waals surface area contributed by atoms with Crippen molar-refractivity contribution < 1.29 is 21.6 Å². The molecule has 4 nitrogen and oxygen atoms in total. The lowest BCUT2D eigenvalue weighted by molar-refractivity contribution is -0.132. The lowest BCUT2D eigenvalue weighted by Gasteiger charge is -2.09. The first-order valence-electron chi connectivity index (χ1n) is 5.98. The van der Waals surface area contributed by atoms with Crippen LogP contribution in [0.15, 0.2) is 24.3 Å². The monoisotopic (exact) mass is 310 g/mol. The predicted octanol–water partition coefficient (Wildman–Crippen LogP) is 1.78. The number of alkyl halides is 3. The zero-order chi connectivity index (χ0) is 15.2. The van der Waals surface area contributed by atoms with Crippen LogP contribution in [0, 0.1) is 0 Å². The first kappa shape index (κ1) is 16.9. The number of nitrogens with one attached hydrogen (secondary N) is 2. The van der Waals surface area contributed by atoms with Crippen molar-refractivity contribution in [2.24, 2.45) is 0 Å². The van der Waals surface area contributed by atoms with E-state index >= 15 is 0 Å². The molecule has 0 fully saturated rings. The highest BCUT2D eigenvalue weighted by atomic mass is 32.2. The van der Waals surface area contributed by atoms with Crippen molar-refractivity contribution in [2.75, 3.05) is 13.6 Å². The second-order valence-electron chi connectivity index (χ2n) is 4.37. The molecule has 0 unspecified atom stereocenters. The standard InChI is InChI=1S/C12H17F3N2O2S/c1-16-8-10-2-4-11(5-3-10)9-20(18,19)17-7-6-12(13,14)15/h2-5,16-17H,6-9H2,1H3. The minimum atomic E-state index is -4.36. The quantitative estimate of drug-likeness (QED) is 0.807. The zero-order valence-electron chi connectivity index (χ0n) is 11.0. The van der Waals surface area contributed by atoms with Gasteiger partial charge in [0.1, 0.15) is 0 Å². The highest BCUT2D eigenvalue weighted by Gasteiger charge is 2.27. The fourth-order valence-corrected chi connectivity index (χ4v) is 2.72. The molecule has 0 aliphatic rings. The molecule has 8 heteroatoms. The maximum Gasteiger partial charge on any atom is 0.390 e. The van der Waals surface area contributed by atoms with Crippen molar-refractivity contribution in [3.63, 3.8) is 0 Å². The molecule has 0 saturated heterocycles. The van der Waals surface area contributed by atoms with Gasteiger partial charge in [0.2, 0.25) is 10.0 Å². The fourth-order valence-electron chi connectivity index (χ4n) is 1.58. The van der Waals surface area contributed by atoms with Crippen molar-refractivity contribution in [1.82, 2.24) is 10.0 Å². The number of hydrogen-bond donors (Lipinski definition) is 2. The van der Waals surface area contributed by atoms with Crippen LogP contribution in [0.1, 0.15) is 17.5 Å². The fraction of sp³-hybridized carbons (Fsp3) is 0.500. The van der Waals surface area contributed by atoms with Crippen LogP contribution in [-0.2, 0) is 22.3 Å². The van der Waals surface area contributed by atoms with E-state index < -0.39 is 29.2 Å². The summed E-state index contributed by atoms with van der Waals surface area (Å²) in [5.74, 6) is -0.329. The topological polar surface area (TPSA) is 58.2 Å². The molecular formula is C12H17F3N2O2S. The maximum absolute atomic E-state index is 11.9. The molecule has 1 rings (SSSR count). The zero-order valence-corrected chi connectivity index (χ0v) is 11.8. The van der Waals surface area contributed by atoms with Gasteiger partial charge in [-0.1, -0.05) is 24.3 Å². The lowest BCUT2D eigenvalue weighted by atomic mass is 10.1.